The van der Waals surface area contributed by atoms with Crippen molar-refractivity contribution in [2.24, 2.45) is 0 Å². The highest BCUT2D eigenvalue weighted by Crippen LogP contribution is 2.08. The Bertz CT molecular complexity index is 354. The van der Waals surface area contributed by atoms with Crippen molar-refractivity contribution in [1.82, 2.24) is 14.5 Å². The average Bonchev–Trinajstić information content (AvgIpc) is 2.91. The molecule has 4 nitrogen and oxygen atoms in total. The van der Waals surface area contributed by atoms with Crippen LogP contribution in [0.15, 0.2) is 37.6 Å². The SMILES string of the molecule is C=CN1CCCC1=O.CC=Cn1ccnc1. The van der Waals surface area contributed by atoms with E-state index >= 15 is 0 Å². The molecule has 0 aromatic carbocycles. The molecule has 0 bridgehead atoms. The van der Waals surface area contributed by atoms with E-state index in [9.17, 15) is 4.79 Å². The van der Waals surface area contributed by atoms with Crippen LogP contribution in [0.4, 0.5) is 0 Å². The van der Waals surface area contributed by atoms with Gasteiger partial charge >= 0.3 is 0 Å². The van der Waals surface area contributed by atoms with Crippen LogP contribution in [0.3, 0.4) is 0 Å². The largest absolute Gasteiger partial charge is 0.320 e. The summed E-state index contributed by atoms with van der Waals surface area (Å²) in [5.74, 6) is 0.208. The van der Waals surface area contributed by atoms with Gasteiger partial charge in [0.1, 0.15) is 0 Å². The van der Waals surface area contributed by atoms with Crippen molar-refractivity contribution >= 4 is 12.1 Å². The molecule has 4 heteroatoms. The Morgan fingerprint density at radius 1 is 1.56 bits per heavy atom. The van der Waals surface area contributed by atoms with Gasteiger partial charge in [0, 0.05) is 31.6 Å². The molecule has 16 heavy (non-hydrogen) atoms. The quantitative estimate of drug-likeness (QED) is 0.764. The van der Waals surface area contributed by atoms with Crippen LogP contribution in [0.5, 0.6) is 0 Å². The first-order valence-electron chi connectivity index (χ1n) is 5.30. The Morgan fingerprint density at radius 2 is 2.38 bits per heavy atom. The minimum absolute atomic E-state index is 0.208. The molecule has 0 N–H and O–H groups in total. The molecule has 1 aromatic rings. The second kappa shape index (κ2) is 6.61. The zero-order chi connectivity index (χ0) is 11.8. The summed E-state index contributed by atoms with van der Waals surface area (Å²) in [6.45, 7) is 6.33. The number of amides is 1. The number of carbonyl (C=O) groups excluding carboxylic acids is 1. The molecule has 0 radical (unpaired) electrons. The molecule has 0 unspecified atom stereocenters. The van der Waals surface area contributed by atoms with Crippen molar-refractivity contribution in [1.29, 1.82) is 0 Å². The van der Waals surface area contributed by atoms with Gasteiger partial charge in [-0.1, -0.05) is 12.7 Å². The first-order valence-corrected chi connectivity index (χ1v) is 5.30. The van der Waals surface area contributed by atoms with Crippen LogP contribution in [0.25, 0.3) is 6.20 Å². The predicted octanol–water partition coefficient (Wildman–Crippen LogP) is 2.13. The number of rotatable bonds is 2. The van der Waals surface area contributed by atoms with E-state index in [0.29, 0.717) is 6.42 Å². The maximum Gasteiger partial charge on any atom is 0.226 e. The monoisotopic (exact) mass is 219 g/mol. The van der Waals surface area contributed by atoms with Crippen LogP contribution in [0.2, 0.25) is 0 Å². The van der Waals surface area contributed by atoms with Gasteiger partial charge in [0.2, 0.25) is 5.91 Å². The fourth-order valence-electron chi connectivity index (χ4n) is 1.39. The molecule has 0 spiro atoms. The van der Waals surface area contributed by atoms with Crippen LogP contribution in [0, 0.1) is 0 Å². The van der Waals surface area contributed by atoms with Gasteiger partial charge < -0.3 is 9.47 Å². The van der Waals surface area contributed by atoms with Gasteiger partial charge in [-0.3, -0.25) is 4.79 Å². The minimum atomic E-state index is 0.208. The molecule has 2 heterocycles. The Morgan fingerprint density at radius 3 is 2.75 bits per heavy atom. The summed E-state index contributed by atoms with van der Waals surface area (Å²) in [5.41, 5.74) is 0. The van der Waals surface area contributed by atoms with Crippen LogP contribution >= 0.6 is 0 Å². The zero-order valence-electron chi connectivity index (χ0n) is 9.54. The fourth-order valence-corrected chi connectivity index (χ4v) is 1.39. The highest BCUT2D eigenvalue weighted by atomic mass is 16.2. The molecule has 0 aliphatic carbocycles. The maximum absolute atomic E-state index is 10.7. The third-order valence-electron chi connectivity index (χ3n) is 2.18. The van der Waals surface area contributed by atoms with Crippen LogP contribution in [0.1, 0.15) is 19.8 Å². The Hall–Kier alpha value is -1.84. The number of carbonyl (C=O) groups is 1. The van der Waals surface area contributed by atoms with E-state index in [-0.39, 0.29) is 5.91 Å². The minimum Gasteiger partial charge on any atom is -0.320 e. The number of aromatic nitrogens is 2. The molecule has 1 aliphatic heterocycles. The molecule has 1 saturated heterocycles. The molecule has 1 aliphatic rings. The van der Waals surface area contributed by atoms with Crippen molar-refractivity contribution in [2.45, 2.75) is 19.8 Å². The van der Waals surface area contributed by atoms with E-state index in [1.165, 1.54) is 0 Å². The van der Waals surface area contributed by atoms with Crippen molar-refractivity contribution in [2.75, 3.05) is 6.54 Å². The molecule has 2 rings (SSSR count). The fraction of sp³-hybridized carbons (Fsp3) is 0.333. The van der Waals surface area contributed by atoms with Crippen molar-refractivity contribution in [3.05, 3.63) is 37.6 Å². The van der Waals surface area contributed by atoms with Crippen molar-refractivity contribution in [3.63, 3.8) is 0 Å². The number of allylic oxidation sites excluding steroid dienone is 1. The third kappa shape index (κ3) is 3.73. The summed E-state index contributed by atoms with van der Waals surface area (Å²) < 4.78 is 1.89. The summed E-state index contributed by atoms with van der Waals surface area (Å²) in [6, 6.07) is 0. The second-order valence-corrected chi connectivity index (χ2v) is 3.37. The molecular weight excluding hydrogens is 202 g/mol. The summed E-state index contributed by atoms with van der Waals surface area (Å²) in [5, 5.41) is 0. The van der Waals surface area contributed by atoms with Gasteiger partial charge in [0.05, 0.1) is 6.33 Å². The Balaban J connectivity index is 0.000000160. The highest BCUT2D eigenvalue weighted by Gasteiger charge is 2.15. The molecule has 86 valence electrons. The van der Waals surface area contributed by atoms with Crippen LogP contribution in [-0.4, -0.2) is 26.9 Å². The molecule has 0 atom stereocenters. The smallest absolute Gasteiger partial charge is 0.226 e. The number of hydrogen-bond acceptors (Lipinski definition) is 2. The maximum atomic E-state index is 10.7. The second-order valence-electron chi connectivity index (χ2n) is 3.37. The highest BCUT2D eigenvalue weighted by molar-refractivity contribution is 5.78. The lowest BCUT2D eigenvalue weighted by molar-refractivity contribution is -0.125. The lowest BCUT2D eigenvalue weighted by Crippen LogP contribution is -2.16. The lowest BCUT2D eigenvalue weighted by atomic mass is 10.4. The summed E-state index contributed by atoms with van der Waals surface area (Å²) in [4.78, 5) is 16.2. The topological polar surface area (TPSA) is 38.1 Å². The third-order valence-corrected chi connectivity index (χ3v) is 2.18. The first kappa shape index (κ1) is 12.2. The summed E-state index contributed by atoms with van der Waals surface area (Å²) in [7, 11) is 0. The normalized spacial score (nSPS) is 15.1. The number of hydrogen-bond donors (Lipinski definition) is 0. The Kier molecular flexibility index (Phi) is 5.05. The van der Waals surface area contributed by atoms with Crippen LogP contribution in [-0.2, 0) is 4.79 Å². The first-order chi connectivity index (χ1) is 7.77. The van der Waals surface area contributed by atoms with Gasteiger partial charge in [-0.2, -0.15) is 0 Å². The van der Waals surface area contributed by atoms with Gasteiger partial charge in [-0.05, 0) is 19.5 Å². The van der Waals surface area contributed by atoms with Gasteiger partial charge in [0.25, 0.3) is 0 Å². The van der Waals surface area contributed by atoms with E-state index < -0.39 is 0 Å². The molecule has 1 aromatic heterocycles. The van der Waals surface area contributed by atoms with Crippen molar-refractivity contribution in [3.8, 4) is 0 Å². The van der Waals surface area contributed by atoms with Crippen LogP contribution < -0.4 is 0 Å². The average molecular weight is 219 g/mol. The van der Waals surface area contributed by atoms with E-state index in [2.05, 4.69) is 11.6 Å². The summed E-state index contributed by atoms with van der Waals surface area (Å²) in [6.07, 6.45) is 12.6. The van der Waals surface area contributed by atoms with Crippen molar-refractivity contribution < 1.29 is 4.79 Å². The van der Waals surface area contributed by atoms with E-state index in [4.69, 9.17) is 0 Å². The van der Waals surface area contributed by atoms with Gasteiger partial charge in [-0.25, -0.2) is 4.98 Å². The standard InChI is InChI=1S/C6H8N2.C6H9NO/c1-2-4-8-5-3-7-6-8;1-2-7-5-3-4-6(7)8/h2-6H,1H3;2H,1,3-5H2. The zero-order valence-corrected chi connectivity index (χ0v) is 9.54. The van der Waals surface area contributed by atoms with Gasteiger partial charge in [-0.15, -0.1) is 0 Å². The predicted molar refractivity (Wildman–Crippen MR) is 64.4 cm³/mol. The lowest BCUT2D eigenvalue weighted by Gasteiger charge is -2.05. The van der Waals surface area contributed by atoms with Gasteiger partial charge in [0.15, 0.2) is 0 Å². The number of likely N-dealkylation sites (tertiary alicyclic amines) is 1. The molecule has 1 fully saturated rings. The molecular formula is C12H17N3O. The number of imidazole rings is 1. The van der Waals surface area contributed by atoms with E-state index in [1.54, 1.807) is 23.6 Å². The van der Waals surface area contributed by atoms with E-state index in [0.717, 1.165) is 13.0 Å². The Labute approximate surface area is 95.9 Å². The molecule has 1 amide bonds. The number of nitrogens with zero attached hydrogens (tertiary/aromatic N) is 3. The molecule has 0 saturated carbocycles. The summed E-state index contributed by atoms with van der Waals surface area (Å²) >= 11 is 0. The van der Waals surface area contributed by atoms with E-state index in [1.807, 2.05) is 30.0 Å².